The minimum absolute atomic E-state index is 0.139. The molecule has 132 valence electrons. The first kappa shape index (κ1) is 18.4. The molecule has 0 atom stereocenters. The van der Waals surface area contributed by atoms with E-state index >= 15 is 0 Å². The zero-order valence-electron chi connectivity index (χ0n) is 14.6. The minimum Gasteiger partial charge on any atom is -0.372 e. The molecule has 0 bridgehead atoms. The predicted octanol–water partition coefficient (Wildman–Crippen LogP) is 3.06. The molecule has 0 saturated heterocycles. The molecule has 0 aliphatic rings. The van der Waals surface area contributed by atoms with Gasteiger partial charge in [0.2, 0.25) is 0 Å². The number of aryl methyl sites for hydroxylation is 1. The van der Waals surface area contributed by atoms with Gasteiger partial charge in [-0.2, -0.15) is 0 Å². The van der Waals surface area contributed by atoms with Gasteiger partial charge in [0.25, 0.3) is 11.8 Å². The molecule has 0 aliphatic carbocycles. The van der Waals surface area contributed by atoms with Gasteiger partial charge in [0.1, 0.15) is 5.82 Å². The smallest absolute Gasteiger partial charge is 0.269 e. The first-order valence-electron chi connectivity index (χ1n) is 8.18. The summed E-state index contributed by atoms with van der Waals surface area (Å²) >= 11 is 0. The maximum atomic E-state index is 13.5. The molecular weight excluding hydrogens is 321 g/mol. The second-order valence-corrected chi connectivity index (χ2v) is 5.59. The van der Waals surface area contributed by atoms with Crippen molar-refractivity contribution in [3.05, 3.63) is 65.0 Å². The lowest BCUT2D eigenvalue weighted by Gasteiger charge is -2.21. The van der Waals surface area contributed by atoms with Crippen LogP contribution in [0.4, 0.5) is 10.1 Å². The summed E-state index contributed by atoms with van der Waals surface area (Å²) in [5, 5.41) is 0. The number of anilines is 1. The highest BCUT2D eigenvalue weighted by Gasteiger charge is 2.11. The molecule has 0 aromatic heterocycles. The third kappa shape index (κ3) is 4.56. The number of carbonyl (C=O) groups excluding carboxylic acids is 2. The topological polar surface area (TPSA) is 61.4 Å². The number of halogens is 1. The van der Waals surface area contributed by atoms with Gasteiger partial charge in [-0.05, 0) is 62.7 Å². The van der Waals surface area contributed by atoms with Crippen LogP contribution >= 0.6 is 0 Å². The SMILES string of the molecule is CCN(CC)c1ccc(C(=O)NNC(=O)c2ccc(C)c(F)c2)cc1. The van der Waals surface area contributed by atoms with Crippen molar-refractivity contribution < 1.29 is 14.0 Å². The molecule has 6 heteroatoms. The van der Waals surface area contributed by atoms with Crippen LogP contribution in [0, 0.1) is 12.7 Å². The maximum Gasteiger partial charge on any atom is 0.269 e. The average molecular weight is 343 g/mol. The van der Waals surface area contributed by atoms with Gasteiger partial charge in [0.05, 0.1) is 0 Å². The Morgan fingerprint density at radius 3 is 1.96 bits per heavy atom. The Morgan fingerprint density at radius 2 is 1.44 bits per heavy atom. The molecule has 0 aliphatic heterocycles. The van der Waals surface area contributed by atoms with Crippen LogP contribution in [0.5, 0.6) is 0 Å². The zero-order chi connectivity index (χ0) is 18.4. The van der Waals surface area contributed by atoms with Gasteiger partial charge in [-0.1, -0.05) is 6.07 Å². The summed E-state index contributed by atoms with van der Waals surface area (Å²) in [7, 11) is 0. The second-order valence-electron chi connectivity index (χ2n) is 5.59. The molecule has 25 heavy (non-hydrogen) atoms. The Bertz CT molecular complexity index is 756. The van der Waals surface area contributed by atoms with Crippen molar-refractivity contribution in [3.63, 3.8) is 0 Å². The highest BCUT2D eigenvalue weighted by atomic mass is 19.1. The quantitative estimate of drug-likeness (QED) is 0.820. The molecule has 0 unspecified atom stereocenters. The summed E-state index contributed by atoms with van der Waals surface area (Å²) in [5.41, 5.74) is 6.66. The van der Waals surface area contributed by atoms with Gasteiger partial charge in [0, 0.05) is 29.9 Å². The van der Waals surface area contributed by atoms with Gasteiger partial charge in [-0.3, -0.25) is 20.4 Å². The molecule has 5 nitrogen and oxygen atoms in total. The molecule has 0 saturated carbocycles. The zero-order valence-corrected chi connectivity index (χ0v) is 14.6. The fraction of sp³-hybridized carbons (Fsp3) is 0.263. The normalized spacial score (nSPS) is 10.2. The fourth-order valence-corrected chi connectivity index (χ4v) is 2.40. The number of carbonyl (C=O) groups is 2. The molecular formula is C19H22FN3O2. The lowest BCUT2D eigenvalue weighted by Crippen LogP contribution is -2.41. The van der Waals surface area contributed by atoms with Crippen LogP contribution in [-0.4, -0.2) is 24.9 Å². The molecule has 2 rings (SSSR count). The van der Waals surface area contributed by atoms with Crippen molar-refractivity contribution in [2.24, 2.45) is 0 Å². The Kier molecular flexibility index (Phi) is 6.11. The van der Waals surface area contributed by atoms with Gasteiger partial charge in [-0.25, -0.2) is 4.39 Å². The van der Waals surface area contributed by atoms with E-state index < -0.39 is 17.6 Å². The van der Waals surface area contributed by atoms with Crippen LogP contribution in [0.2, 0.25) is 0 Å². The molecule has 0 spiro atoms. The number of benzene rings is 2. The first-order chi connectivity index (χ1) is 12.0. The largest absolute Gasteiger partial charge is 0.372 e. The maximum absolute atomic E-state index is 13.5. The minimum atomic E-state index is -0.577. The summed E-state index contributed by atoms with van der Waals surface area (Å²) in [4.78, 5) is 26.2. The van der Waals surface area contributed by atoms with E-state index in [4.69, 9.17) is 0 Å². The van der Waals surface area contributed by atoms with Crippen molar-refractivity contribution in [3.8, 4) is 0 Å². The van der Waals surface area contributed by atoms with Crippen molar-refractivity contribution >= 4 is 17.5 Å². The Hall–Kier alpha value is -2.89. The van der Waals surface area contributed by atoms with E-state index in [1.165, 1.54) is 12.1 Å². The van der Waals surface area contributed by atoms with Crippen LogP contribution in [0.15, 0.2) is 42.5 Å². The van der Waals surface area contributed by atoms with Crippen molar-refractivity contribution in [1.29, 1.82) is 0 Å². The van der Waals surface area contributed by atoms with Gasteiger partial charge in [-0.15, -0.1) is 0 Å². The third-order valence-electron chi connectivity index (χ3n) is 3.98. The summed E-state index contributed by atoms with van der Waals surface area (Å²) < 4.78 is 13.5. The van der Waals surface area contributed by atoms with E-state index in [2.05, 4.69) is 29.6 Å². The number of nitrogens with one attached hydrogen (secondary N) is 2. The van der Waals surface area contributed by atoms with E-state index in [1.807, 2.05) is 12.1 Å². The highest BCUT2D eigenvalue weighted by Crippen LogP contribution is 2.14. The van der Waals surface area contributed by atoms with E-state index in [-0.39, 0.29) is 5.56 Å². The van der Waals surface area contributed by atoms with Crippen molar-refractivity contribution in [2.75, 3.05) is 18.0 Å². The predicted molar refractivity (Wildman–Crippen MR) is 96.1 cm³/mol. The average Bonchev–Trinajstić information content (AvgIpc) is 2.63. The van der Waals surface area contributed by atoms with Crippen LogP contribution in [0.3, 0.4) is 0 Å². The van der Waals surface area contributed by atoms with E-state index in [0.29, 0.717) is 11.1 Å². The van der Waals surface area contributed by atoms with Gasteiger partial charge < -0.3 is 4.90 Å². The van der Waals surface area contributed by atoms with Crippen molar-refractivity contribution in [1.82, 2.24) is 10.9 Å². The lowest BCUT2D eigenvalue weighted by molar-refractivity contribution is 0.0846. The van der Waals surface area contributed by atoms with Crippen LogP contribution in [0.25, 0.3) is 0 Å². The molecule has 0 heterocycles. The summed E-state index contributed by atoms with van der Waals surface area (Å²) in [6, 6.07) is 11.3. The highest BCUT2D eigenvalue weighted by molar-refractivity contribution is 5.99. The summed E-state index contributed by atoms with van der Waals surface area (Å²) in [5.74, 6) is -1.48. The Balaban J connectivity index is 1.97. The van der Waals surface area contributed by atoms with Crippen LogP contribution in [0.1, 0.15) is 40.1 Å². The number of nitrogens with zero attached hydrogens (tertiary/aromatic N) is 1. The molecule has 2 aromatic carbocycles. The van der Waals surface area contributed by atoms with Crippen LogP contribution in [-0.2, 0) is 0 Å². The number of rotatable bonds is 5. The third-order valence-corrected chi connectivity index (χ3v) is 3.98. The van der Waals surface area contributed by atoms with E-state index in [9.17, 15) is 14.0 Å². The lowest BCUT2D eigenvalue weighted by atomic mass is 10.1. The van der Waals surface area contributed by atoms with Gasteiger partial charge >= 0.3 is 0 Å². The molecule has 0 radical (unpaired) electrons. The molecule has 0 fully saturated rings. The summed E-state index contributed by atoms with van der Waals surface area (Å²) in [6.45, 7) is 7.50. The van der Waals surface area contributed by atoms with Crippen molar-refractivity contribution in [2.45, 2.75) is 20.8 Å². The fourth-order valence-electron chi connectivity index (χ4n) is 2.40. The molecule has 2 aromatic rings. The Morgan fingerprint density at radius 1 is 0.920 bits per heavy atom. The second kappa shape index (κ2) is 8.28. The number of amides is 2. The number of hydrazine groups is 1. The summed E-state index contributed by atoms with van der Waals surface area (Å²) in [6.07, 6.45) is 0. The molecule has 2 N–H and O–H groups in total. The standard InChI is InChI=1S/C19H22FN3O2/c1-4-23(5-2)16-10-8-14(9-11-16)18(24)21-22-19(25)15-7-6-13(3)17(20)12-15/h6-12H,4-5H2,1-3H3,(H,21,24)(H,22,25). The number of hydrogen-bond donors (Lipinski definition) is 2. The van der Waals surface area contributed by atoms with Gasteiger partial charge in [0.15, 0.2) is 0 Å². The molecule has 2 amide bonds. The van der Waals surface area contributed by atoms with Crippen LogP contribution < -0.4 is 15.8 Å². The Labute approximate surface area is 146 Å². The van der Waals surface area contributed by atoms with E-state index in [0.717, 1.165) is 24.8 Å². The number of hydrogen-bond acceptors (Lipinski definition) is 3. The monoisotopic (exact) mass is 343 g/mol. The first-order valence-corrected chi connectivity index (χ1v) is 8.18. The van der Waals surface area contributed by atoms with E-state index in [1.54, 1.807) is 19.1 Å².